The molecule has 0 aromatic heterocycles. The second-order valence-corrected chi connectivity index (χ2v) is 5.71. The molecule has 122 valence electrons. The SMILES string of the molecule is CCCCCCCCCC(=O)N/N=C/c1c(F)cccc1Cl. The minimum Gasteiger partial charge on any atom is -0.273 e. The summed E-state index contributed by atoms with van der Waals surface area (Å²) in [6, 6.07) is 4.40. The largest absolute Gasteiger partial charge is 0.273 e. The minimum atomic E-state index is -0.461. The highest BCUT2D eigenvalue weighted by Gasteiger charge is 2.04. The number of carbonyl (C=O) groups is 1. The molecule has 0 bridgehead atoms. The second-order valence-electron chi connectivity index (χ2n) is 5.30. The maximum absolute atomic E-state index is 13.5. The summed E-state index contributed by atoms with van der Waals surface area (Å²) in [5.41, 5.74) is 2.58. The lowest BCUT2D eigenvalue weighted by Crippen LogP contribution is -2.17. The van der Waals surface area contributed by atoms with E-state index >= 15 is 0 Å². The van der Waals surface area contributed by atoms with E-state index in [1.807, 2.05) is 0 Å². The molecule has 0 atom stereocenters. The van der Waals surface area contributed by atoms with Crippen LogP contribution >= 0.6 is 11.6 Å². The molecule has 0 saturated heterocycles. The third-order valence-electron chi connectivity index (χ3n) is 3.39. The summed E-state index contributed by atoms with van der Waals surface area (Å²) in [6.07, 6.45) is 9.79. The van der Waals surface area contributed by atoms with Gasteiger partial charge >= 0.3 is 0 Å². The van der Waals surface area contributed by atoms with Crippen LogP contribution in [0.3, 0.4) is 0 Å². The fourth-order valence-electron chi connectivity index (χ4n) is 2.10. The van der Waals surface area contributed by atoms with E-state index in [9.17, 15) is 9.18 Å². The van der Waals surface area contributed by atoms with E-state index in [-0.39, 0.29) is 16.5 Å². The van der Waals surface area contributed by atoms with Gasteiger partial charge in [0.2, 0.25) is 5.91 Å². The highest BCUT2D eigenvalue weighted by atomic mass is 35.5. The fourth-order valence-corrected chi connectivity index (χ4v) is 2.31. The summed E-state index contributed by atoms with van der Waals surface area (Å²) in [5.74, 6) is -0.616. The third kappa shape index (κ3) is 7.55. The van der Waals surface area contributed by atoms with Crippen molar-refractivity contribution in [1.29, 1.82) is 0 Å². The first-order valence-electron chi connectivity index (χ1n) is 7.91. The third-order valence-corrected chi connectivity index (χ3v) is 3.72. The number of carbonyl (C=O) groups excluding carboxylic acids is 1. The topological polar surface area (TPSA) is 41.5 Å². The number of unbranched alkanes of at least 4 members (excludes halogenated alkanes) is 6. The van der Waals surface area contributed by atoms with Crippen molar-refractivity contribution in [3.63, 3.8) is 0 Å². The molecule has 1 amide bonds. The molecule has 22 heavy (non-hydrogen) atoms. The molecule has 0 saturated carbocycles. The quantitative estimate of drug-likeness (QED) is 0.364. The van der Waals surface area contributed by atoms with Gasteiger partial charge in [-0.3, -0.25) is 4.79 Å². The van der Waals surface area contributed by atoms with Gasteiger partial charge in [-0.2, -0.15) is 5.10 Å². The summed E-state index contributed by atoms with van der Waals surface area (Å²) in [5, 5.41) is 4.02. The number of benzene rings is 1. The van der Waals surface area contributed by atoms with Crippen LogP contribution in [0, 0.1) is 5.82 Å². The summed E-state index contributed by atoms with van der Waals surface area (Å²) in [4.78, 5) is 11.6. The van der Waals surface area contributed by atoms with Crippen LogP contribution in [0.15, 0.2) is 23.3 Å². The Balaban J connectivity index is 2.19. The van der Waals surface area contributed by atoms with E-state index in [1.54, 1.807) is 6.07 Å². The van der Waals surface area contributed by atoms with Crippen molar-refractivity contribution in [1.82, 2.24) is 5.43 Å². The number of nitrogens with zero attached hydrogens (tertiary/aromatic N) is 1. The standard InChI is InChI=1S/C17H24ClFN2O/c1-2-3-4-5-6-7-8-12-17(22)21-20-13-14-15(18)10-9-11-16(14)19/h9-11,13H,2-8,12H2,1H3,(H,21,22)/b20-13+. The van der Waals surface area contributed by atoms with Crippen LogP contribution in [0.2, 0.25) is 5.02 Å². The van der Waals surface area contributed by atoms with Crippen molar-refractivity contribution in [3.8, 4) is 0 Å². The van der Waals surface area contributed by atoms with Crippen LogP contribution < -0.4 is 5.43 Å². The molecular weight excluding hydrogens is 303 g/mol. The predicted molar refractivity (Wildman–Crippen MR) is 89.8 cm³/mol. The highest BCUT2D eigenvalue weighted by Crippen LogP contribution is 2.16. The molecule has 0 heterocycles. The zero-order valence-corrected chi connectivity index (χ0v) is 13.8. The molecule has 0 spiro atoms. The summed E-state index contributed by atoms with van der Waals surface area (Å²) < 4.78 is 13.5. The van der Waals surface area contributed by atoms with E-state index in [1.165, 1.54) is 50.5 Å². The van der Waals surface area contributed by atoms with Gasteiger partial charge in [-0.1, -0.05) is 63.1 Å². The Morgan fingerprint density at radius 3 is 2.59 bits per heavy atom. The first kappa shape index (κ1) is 18.6. The molecule has 5 heteroatoms. The van der Waals surface area contributed by atoms with Crippen molar-refractivity contribution in [2.24, 2.45) is 5.10 Å². The molecule has 0 radical (unpaired) electrons. The smallest absolute Gasteiger partial charge is 0.240 e. The van der Waals surface area contributed by atoms with Gasteiger partial charge < -0.3 is 0 Å². The van der Waals surface area contributed by atoms with Gasteiger partial charge in [0.1, 0.15) is 5.82 Å². The molecule has 1 N–H and O–H groups in total. The normalized spacial score (nSPS) is 11.0. The van der Waals surface area contributed by atoms with Crippen LogP contribution in [0.1, 0.15) is 63.9 Å². The van der Waals surface area contributed by atoms with E-state index in [0.29, 0.717) is 6.42 Å². The first-order chi connectivity index (χ1) is 10.6. The molecule has 1 aromatic carbocycles. The van der Waals surface area contributed by atoms with Crippen molar-refractivity contribution in [2.45, 2.75) is 58.3 Å². The highest BCUT2D eigenvalue weighted by molar-refractivity contribution is 6.33. The Hall–Kier alpha value is -1.42. The zero-order chi connectivity index (χ0) is 16.2. The van der Waals surface area contributed by atoms with Crippen molar-refractivity contribution >= 4 is 23.7 Å². The zero-order valence-electron chi connectivity index (χ0n) is 13.1. The van der Waals surface area contributed by atoms with Gasteiger partial charge in [0, 0.05) is 12.0 Å². The Morgan fingerprint density at radius 1 is 1.23 bits per heavy atom. The number of rotatable bonds is 10. The summed E-state index contributed by atoms with van der Waals surface area (Å²) in [7, 11) is 0. The van der Waals surface area contributed by atoms with Gasteiger partial charge in [0.25, 0.3) is 0 Å². The molecule has 3 nitrogen and oxygen atoms in total. The Bertz CT molecular complexity index is 471. The van der Waals surface area contributed by atoms with Crippen molar-refractivity contribution in [3.05, 3.63) is 34.6 Å². The molecule has 1 aromatic rings. The van der Waals surface area contributed by atoms with Crippen LogP contribution in [-0.4, -0.2) is 12.1 Å². The summed E-state index contributed by atoms with van der Waals surface area (Å²) in [6.45, 7) is 2.19. The predicted octanol–water partition coefficient (Wildman–Crippen LogP) is 5.07. The maximum atomic E-state index is 13.5. The van der Waals surface area contributed by atoms with Gasteiger partial charge in [-0.15, -0.1) is 0 Å². The lowest BCUT2D eigenvalue weighted by atomic mass is 10.1. The van der Waals surface area contributed by atoms with Crippen LogP contribution in [0.4, 0.5) is 4.39 Å². The van der Waals surface area contributed by atoms with Gasteiger partial charge in [-0.25, -0.2) is 9.82 Å². The summed E-state index contributed by atoms with van der Waals surface area (Å²) >= 11 is 5.86. The van der Waals surface area contributed by atoms with Crippen molar-refractivity contribution in [2.75, 3.05) is 0 Å². The van der Waals surface area contributed by atoms with Crippen LogP contribution in [0.5, 0.6) is 0 Å². The lowest BCUT2D eigenvalue weighted by Gasteiger charge is -2.02. The Morgan fingerprint density at radius 2 is 1.91 bits per heavy atom. The van der Waals surface area contributed by atoms with Gasteiger partial charge in [0.15, 0.2) is 0 Å². The van der Waals surface area contributed by atoms with Gasteiger partial charge in [-0.05, 0) is 18.6 Å². The monoisotopic (exact) mass is 326 g/mol. The number of hydrazone groups is 1. The fraction of sp³-hybridized carbons (Fsp3) is 0.529. The van der Waals surface area contributed by atoms with Gasteiger partial charge in [0.05, 0.1) is 11.2 Å². The number of nitrogens with one attached hydrogen (secondary N) is 1. The first-order valence-corrected chi connectivity index (χ1v) is 8.29. The number of hydrogen-bond donors (Lipinski definition) is 1. The molecule has 0 aliphatic carbocycles. The van der Waals surface area contributed by atoms with E-state index in [2.05, 4.69) is 17.5 Å². The minimum absolute atomic E-state index is 0.155. The van der Waals surface area contributed by atoms with Crippen LogP contribution in [0.25, 0.3) is 0 Å². The molecule has 0 unspecified atom stereocenters. The molecule has 1 rings (SSSR count). The number of halogens is 2. The maximum Gasteiger partial charge on any atom is 0.240 e. The van der Waals surface area contributed by atoms with E-state index in [0.717, 1.165) is 12.8 Å². The lowest BCUT2D eigenvalue weighted by molar-refractivity contribution is -0.121. The molecule has 0 aliphatic heterocycles. The number of hydrogen-bond acceptors (Lipinski definition) is 2. The van der Waals surface area contributed by atoms with E-state index < -0.39 is 5.82 Å². The Kier molecular flexibility index (Phi) is 9.47. The average Bonchev–Trinajstić information content (AvgIpc) is 2.49. The molecular formula is C17H24ClFN2O. The Labute approximate surface area is 136 Å². The van der Waals surface area contributed by atoms with E-state index in [4.69, 9.17) is 11.6 Å². The van der Waals surface area contributed by atoms with Crippen molar-refractivity contribution < 1.29 is 9.18 Å². The average molecular weight is 327 g/mol. The number of amides is 1. The molecule has 0 fully saturated rings. The van der Waals surface area contributed by atoms with Crippen LogP contribution in [-0.2, 0) is 4.79 Å². The second kappa shape index (κ2) is 11.2. The molecule has 0 aliphatic rings.